The van der Waals surface area contributed by atoms with Crippen molar-refractivity contribution in [2.24, 2.45) is 0 Å². The van der Waals surface area contributed by atoms with Crippen molar-refractivity contribution >= 4 is 38.4 Å². The lowest BCUT2D eigenvalue weighted by molar-refractivity contribution is -0.118. The van der Waals surface area contributed by atoms with Crippen molar-refractivity contribution < 1.29 is 22.7 Å². The van der Waals surface area contributed by atoms with Crippen molar-refractivity contribution in [1.29, 1.82) is 0 Å². The van der Waals surface area contributed by atoms with Crippen molar-refractivity contribution in [3.05, 3.63) is 96.1 Å². The van der Waals surface area contributed by atoms with Gasteiger partial charge >= 0.3 is 0 Å². The summed E-state index contributed by atoms with van der Waals surface area (Å²) in [7, 11) is -2.63. The van der Waals surface area contributed by atoms with E-state index in [1.165, 1.54) is 7.11 Å². The molecule has 0 bridgehead atoms. The van der Waals surface area contributed by atoms with Crippen LogP contribution < -0.4 is 9.64 Å². The molecule has 158 valence electrons. The molecule has 3 aromatic carbocycles. The second kappa shape index (κ2) is 8.20. The van der Waals surface area contributed by atoms with E-state index in [1.807, 2.05) is 0 Å². The standard InChI is InChI=1S/C23H19NO5S2/c1-29-20-14-12-19(13-15-20)24-21(25)23(30-22(24)26,18-10-6-3-7-11-18)31(27,28)16-17-8-4-2-5-9-17/h2-15H,16H2,1H3/t23-/m1/s1. The Hall–Kier alpha value is -3.10. The number of amides is 2. The lowest BCUT2D eigenvalue weighted by atomic mass is 10.1. The molecule has 0 radical (unpaired) electrons. The van der Waals surface area contributed by atoms with Gasteiger partial charge in [-0.25, -0.2) is 13.3 Å². The van der Waals surface area contributed by atoms with Crippen LogP contribution in [0.5, 0.6) is 5.75 Å². The van der Waals surface area contributed by atoms with E-state index < -0.39 is 25.1 Å². The molecular weight excluding hydrogens is 434 g/mol. The molecule has 0 N–H and O–H groups in total. The smallest absolute Gasteiger partial charge is 0.295 e. The molecule has 31 heavy (non-hydrogen) atoms. The predicted molar refractivity (Wildman–Crippen MR) is 121 cm³/mol. The minimum absolute atomic E-state index is 0.255. The quantitative estimate of drug-likeness (QED) is 0.552. The first-order valence-electron chi connectivity index (χ1n) is 9.42. The van der Waals surface area contributed by atoms with E-state index in [9.17, 15) is 18.0 Å². The fourth-order valence-corrected chi connectivity index (χ4v) is 7.05. The van der Waals surface area contributed by atoms with Gasteiger partial charge in [0.05, 0.1) is 18.6 Å². The van der Waals surface area contributed by atoms with Gasteiger partial charge < -0.3 is 4.74 Å². The number of hydrogen-bond acceptors (Lipinski definition) is 6. The molecule has 0 saturated carbocycles. The van der Waals surface area contributed by atoms with Gasteiger partial charge in [0.25, 0.3) is 11.1 Å². The number of methoxy groups -OCH3 is 1. The van der Waals surface area contributed by atoms with Crippen LogP contribution in [-0.4, -0.2) is 26.7 Å². The maximum absolute atomic E-state index is 13.7. The molecule has 1 atom stereocenters. The second-order valence-corrected chi connectivity index (χ2v) is 10.5. The van der Waals surface area contributed by atoms with Crippen molar-refractivity contribution in [2.75, 3.05) is 12.0 Å². The van der Waals surface area contributed by atoms with Crippen molar-refractivity contribution in [3.63, 3.8) is 0 Å². The Labute approximate surface area is 184 Å². The first-order valence-corrected chi connectivity index (χ1v) is 11.9. The van der Waals surface area contributed by atoms with E-state index in [1.54, 1.807) is 84.9 Å². The molecule has 1 fully saturated rings. The normalized spacial score (nSPS) is 18.9. The highest BCUT2D eigenvalue weighted by atomic mass is 32.3. The Morgan fingerprint density at radius 1 is 0.871 bits per heavy atom. The maximum Gasteiger partial charge on any atom is 0.295 e. The number of nitrogens with zero attached hydrogens (tertiary/aromatic N) is 1. The molecule has 1 saturated heterocycles. The van der Waals surface area contributed by atoms with E-state index in [-0.39, 0.29) is 17.0 Å². The number of benzene rings is 3. The Balaban J connectivity index is 1.84. The van der Waals surface area contributed by atoms with Gasteiger partial charge in [-0.1, -0.05) is 60.7 Å². The lowest BCUT2D eigenvalue weighted by Crippen LogP contribution is -2.44. The summed E-state index contributed by atoms with van der Waals surface area (Å²) in [5.41, 5.74) is 1.09. The number of rotatable bonds is 6. The summed E-state index contributed by atoms with van der Waals surface area (Å²) in [6, 6.07) is 23.1. The lowest BCUT2D eigenvalue weighted by Gasteiger charge is -2.26. The van der Waals surface area contributed by atoms with Gasteiger partial charge in [-0.2, -0.15) is 0 Å². The summed E-state index contributed by atoms with van der Waals surface area (Å²) in [4.78, 5) is 27.6. The zero-order valence-corrected chi connectivity index (χ0v) is 18.2. The molecule has 6 nitrogen and oxygen atoms in total. The zero-order valence-electron chi connectivity index (χ0n) is 16.6. The zero-order chi connectivity index (χ0) is 22.1. The minimum Gasteiger partial charge on any atom is -0.497 e. The number of thioether (sulfide) groups is 1. The van der Waals surface area contributed by atoms with Crippen LogP contribution in [0.2, 0.25) is 0 Å². The third-order valence-electron chi connectivity index (χ3n) is 5.02. The van der Waals surface area contributed by atoms with Crippen LogP contribution in [0.1, 0.15) is 11.1 Å². The van der Waals surface area contributed by atoms with Crippen LogP contribution in [-0.2, 0) is 24.5 Å². The molecule has 0 unspecified atom stereocenters. The molecule has 0 aliphatic carbocycles. The van der Waals surface area contributed by atoms with Crippen LogP contribution in [0.15, 0.2) is 84.9 Å². The van der Waals surface area contributed by atoms with Crippen LogP contribution in [0.4, 0.5) is 10.5 Å². The maximum atomic E-state index is 13.7. The van der Waals surface area contributed by atoms with Crippen molar-refractivity contribution in [1.82, 2.24) is 0 Å². The molecule has 0 spiro atoms. The van der Waals surface area contributed by atoms with Crippen LogP contribution in [0.25, 0.3) is 0 Å². The van der Waals surface area contributed by atoms with Crippen molar-refractivity contribution in [2.45, 2.75) is 9.83 Å². The Morgan fingerprint density at radius 2 is 1.45 bits per heavy atom. The molecule has 8 heteroatoms. The van der Waals surface area contributed by atoms with Gasteiger partial charge in [0.1, 0.15) is 5.75 Å². The van der Waals surface area contributed by atoms with Gasteiger partial charge in [-0.15, -0.1) is 0 Å². The molecule has 4 rings (SSSR count). The Kier molecular flexibility index (Phi) is 5.60. The van der Waals surface area contributed by atoms with Crippen LogP contribution in [0.3, 0.4) is 0 Å². The number of sulfone groups is 1. The highest BCUT2D eigenvalue weighted by molar-refractivity contribution is 8.24. The fourth-order valence-electron chi connectivity index (χ4n) is 3.51. The van der Waals surface area contributed by atoms with Gasteiger partial charge in [0, 0.05) is 0 Å². The van der Waals surface area contributed by atoms with Gasteiger partial charge in [0.15, 0.2) is 9.84 Å². The molecule has 1 heterocycles. The molecule has 1 aliphatic rings. The molecular formula is C23H19NO5S2. The number of carbonyl (C=O) groups is 2. The van der Waals surface area contributed by atoms with Gasteiger partial charge in [-0.3, -0.25) is 9.59 Å². The predicted octanol–water partition coefficient (Wildman–Crippen LogP) is 4.36. The molecule has 1 aliphatic heterocycles. The monoisotopic (exact) mass is 453 g/mol. The third kappa shape index (κ3) is 3.62. The van der Waals surface area contributed by atoms with Crippen LogP contribution >= 0.6 is 11.8 Å². The van der Waals surface area contributed by atoms with Gasteiger partial charge in [-0.05, 0) is 47.2 Å². The average molecular weight is 454 g/mol. The van der Waals surface area contributed by atoms with E-state index in [2.05, 4.69) is 0 Å². The van der Waals surface area contributed by atoms with Gasteiger partial charge in [0.2, 0.25) is 4.08 Å². The summed E-state index contributed by atoms with van der Waals surface area (Å²) in [5.74, 6) is -0.609. The van der Waals surface area contributed by atoms with Crippen molar-refractivity contribution in [3.8, 4) is 5.75 Å². The minimum atomic E-state index is -4.14. The highest BCUT2D eigenvalue weighted by Gasteiger charge is 2.62. The van der Waals surface area contributed by atoms with E-state index in [0.29, 0.717) is 23.1 Å². The number of imide groups is 1. The summed E-state index contributed by atoms with van der Waals surface area (Å²) < 4.78 is 30.5. The summed E-state index contributed by atoms with van der Waals surface area (Å²) >= 11 is 0.532. The van der Waals surface area contributed by atoms with Crippen LogP contribution in [0, 0.1) is 0 Å². The molecule has 0 aromatic heterocycles. The largest absolute Gasteiger partial charge is 0.497 e. The first-order chi connectivity index (χ1) is 14.9. The topological polar surface area (TPSA) is 80.8 Å². The first kappa shape index (κ1) is 21.1. The van der Waals surface area contributed by atoms with E-state index >= 15 is 0 Å². The Morgan fingerprint density at radius 3 is 2.03 bits per heavy atom. The number of anilines is 1. The number of carbonyl (C=O) groups excluding carboxylic acids is 2. The SMILES string of the molecule is COc1ccc(N2C(=O)S[C@](c3ccccc3)(S(=O)(=O)Cc3ccccc3)C2=O)cc1. The van der Waals surface area contributed by atoms with E-state index in [4.69, 9.17) is 4.74 Å². The Bertz CT molecular complexity index is 1210. The third-order valence-corrected chi connectivity index (χ3v) is 9.09. The fraction of sp³-hybridized carbons (Fsp3) is 0.130. The second-order valence-electron chi connectivity index (χ2n) is 6.93. The highest BCUT2D eigenvalue weighted by Crippen LogP contribution is 2.52. The molecule has 2 amide bonds. The summed E-state index contributed by atoms with van der Waals surface area (Å²) in [6.45, 7) is 0. The van der Waals surface area contributed by atoms with E-state index in [0.717, 1.165) is 4.90 Å². The molecule has 3 aromatic rings. The number of hydrogen-bond donors (Lipinski definition) is 0. The average Bonchev–Trinajstić information content (AvgIpc) is 3.06. The summed E-state index contributed by atoms with van der Waals surface area (Å²) in [5, 5.41) is -0.643. The summed E-state index contributed by atoms with van der Waals surface area (Å²) in [6.07, 6.45) is 0. The number of ether oxygens (including phenoxy) is 1.